The molecule has 1 amide bonds. The maximum atomic E-state index is 12.8. The quantitative estimate of drug-likeness (QED) is 0.836. The normalized spacial score (nSPS) is 12.8. The molecule has 0 saturated heterocycles. The lowest BCUT2D eigenvalue weighted by Gasteiger charge is -2.19. The van der Waals surface area contributed by atoms with Gasteiger partial charge in [0.15, 0.2) is 0 Å². The number of benzene rings is 1. The zero-order chi connectivity index (χ0) is 14.3. The summed E-state index contributed by atoms with van der Waals surface area (Å²) in [6, 6.07) is 7.95. The van der Waals surface area contributed by atoms with Gasteiger partial charge in [0.25, 0.3) is 0 Å². The van der Waals surface area contributed by atoms with Crippen molar-refractivity contribution in [2.75, 3.05) is 6.61 Å². The molecule has 0 aliphatic heterocycles. The highest BCUT2D eigenvalue weighted by Crippen LogP contribution is 2.18. The van der Waals surface area contributed by atoms with E-state index in [1.54, 1.807) is 24.3 Å². The molecule has 0 spiro atoms. The number of hydrogen-bond donors (Lipinski definition) is 2. The highest BCUT2D eigenvalue weighted by atomic mass is 19.3. The van der Waals surface area contributed by atoms with Crippen molar-refractivity contribution in [3.05, 3.63) is 35.9 Å². The summed E-state index contributed by atoms with van der Waals surface area (Å²) in [5, 5.41) is 11.1. The van der Waals surface area contributed by atoms with E-state index in [9.17, 15) is 13.6 Å². The van der Waals surface area contributed by atoms with Crippen LogP contribution in [-0.4, -0.2) is 29.8 Å². The maximum Gasteiger partial charge on any atom is 0.407 e. The monoisotopic (exact) mass is 273 g/mol. The summed E-state index contributed by atoms with van der Waals surface area (Å²) in [5.41, 5.74) is 0.791. The zero-order valence-electron chi connectivity index (χ0n) is 10.6. The lowest BCUT2D eigenvalue weighted by Crippen LogP contribution is -2.41. The standard InChI is InChI=1S/C13H17F2NO3/c1-13(14,15)7-11(8-17)16-12(18)19-9-10-5-3-2-4-6-10/h2-6,11,17H,7-9H2,1H3,(H,16,18). The average molecular weight is 273 g/mol. The largest absolute Gasteiger partial charge is 0.445 e. The van der Waals surface area contributed by atoms with Crippen molar-refractivity contribution >= 4 is 6.09 Å². The highest BCUT2D eigenvalue weighted by molar-refractivity contribution is 5.67. The van der Waals surface area contributed by atoms with Crippen LogP contribution in [-0.2, 0) is 11.3 Å². The predicted octanol–water partition coefficient (Wildman–Crippen LogP) is 2.32. The number of alkyl carbamates (subject to hydrolysis) is 1. The first kappa shape index (κ1) is 15.4. The van der Waals surface area contributed by atoms with Crippen LogP contribution in [0.4, 0.5) is 13.6 Å². The third-order valence-electron chi connectivity index (χ3n) is 2.36. The Morgan fingerprint density at radius 2 is 2.05 bits per heavy atom. The number of carbonyl (C=O) groups excluding carboxylic acids is 1. The topological polar surface area (TPSA) is 58.6 Å². The van der Waals surface area contributed by atoms with Crippen LogP contribution >= 0.6 is 0 Å². The van der Waals surface area contributed by atoms with Gasteiger partial charge in [-0.1, -0.05) is 30.3 Å². The number of nitrogens with one attached hydrogen (secondary N) is 1. The molecule has 0 aromatic heterocycles. The fourth-order valence-electron chi connectivity index (χ4n) is 1.53. The summed E-state index contributed by atoms with van der Waals surface area (Å²) >= 11 is 0. The van der Waals surface area contributed by atoms with Gasteiger partial charge in [-0.2, -0.15) is 0 Å². The Balaban J connectivity index is 2.37. The third-order valence-corrected chi connectivity index (χ3v) is 2.36. The van der Waals surface area contributed by atoms with Crippen LogP contribution in [0.3, 0.4) is 0 Å². The molecule has 1 aromatic carbocycles. The minimum Gasteiger partial charge on any atom is -0.445 e. The Morgan fingerprint density at radius 1 is 1.42 bits per heavy atom. The van der Waals surface area contributed by atoms with Gasteiger partial charge < -0.3 is 15.2 Å². The van der Waals surface area contributed by atoms with Gasteiger partial charge in [-0.15, -0.1) is 0 Å². The van der Waals surface area contributed by atoms with E-state index in [4.69, 9.17) is 9.84 Å². The van der Waals surface area contributed by atoms with Crippen molar-refractivity contribution in [1.82, 2.24) is 5.32 Å². The van der Waals surface area contributed by atoms with E-state index in [1.165, 1.54) is 0 Å². The van der Waals surface area contributed by atoms with Crippen molar-refractivity contribution in [2.24, 2.45) is 0 Å². The molecule has 1 atom stereocenters. The van der Waals surface area contributed by atoms with Gasteiger partial charge in [-0.3, -0.25) is 0 Å². The fraction of sp³-hybridized carbons (Fsp3) is 0.462. The first-order chi connectivity index (χ1) is 8.90. The lowest BCUT2D eigenvalue weighted by atomic mass is 10.1. The highest BCUT2D eigenvalue weighted by Gasteiger charge is 2.27. The number of aliphatic hydroxyl groups is 1. The van der Waals surface area contributed by atoms with Gasteiger partial charge in [0.05, 0.1) is 12.6 Å². The number of hydrogen-bond acceptors (Lipinski definition) is 3. The molecule has 2 N–H and O–H groups in total. The molecule has 0 bridgehead atoms. The molecule has 0 fully saturated rings. The van der Waals surface area contributed by atoms with Crippen LogP contribution in [0.5, 0.6) is 0 Å². The first-order valence-electron chi connectivity index (χ1n) is 5.86. The molecular formula is C13H17F2NO3. The molecule has 1 unspecified atom stereocenters. The van der Waals surface area contributed by atoms with E-state index in [2.05, 4.69) is 5.32 Å². The third kappa shape index (κ3) is 6.71. The summed E-state index contributed by atoms with van der Waals surface area (Å²) in [5.74, 6) is -2.96. The average Bonchev–Trinajstić information content (AvgIpc) is 2.35. The molecule has 0 saturated carbocycles. The second kappa shape index (κ2) is 7.04. The molecule has 0 heterocycles. The Kier molecular flexibility index (Phi) is 5.69. The second-order valence-electron chi connectivity index (χ2n) is 4.36. The Hall–Kier alpha value is -1.69. The van der Waals surface area contributed by atoms with E-state index in [0.29, 0.717) is 0 Å². The zero-order valence-corrected chi connectivity index (χ0v) is 10.6. The van der Waals surface area contributed by atoms with Crippen molar-refractivity contribution < 1.29 is 23.4 Å². The van der Waals surface area contributed by atoms with Gasteiger partial charge >= 0.3 is 6.09 Å². The molecule has 1 aromatic rings. The second-order valence-corrected chi connectivity index (χ2v) is 4.36. The van der Waals surface area contributed by atoms with Gasteiger partial charge in [-0.05, 0) is 12.5 Å². The number of carbonyl (C=O) groups is 1. The summed E-state index contributed by atoms with van der Waals surface area (Å²) in [4.78, 5) is 11.4. The summed E-state index contributed by atoms with van der Waals surface area (Å²) < 4.78 is 30.4. The Labute approximate surface area is 110 Å². The van der Waals surface area contributed by atoms with Crippen molar-refractivity contribution in [2.45, 2.75) is 31.9 Å². The smallest absolute Gasteiger partial charge is 0.407 e. The van der Waals surface area contributed by atoms with E-state index in [-0.39, 0.29) is 6.61 Å². The van der Waals surface area contributed by atoms with Crippen molar-refractivity contribution in [1.29, 1.82) is 0 Å². The van der Waals surface area contributed by atoms with Crippen LogP contribution in [0.15, 0.2) is 30.3 Å². The van der Waals surface area contributed by atoms with Crippen LogP contribution in [0.25, 0.3) is 0 Å². The minimum absolute atomic E-state index is 0.0489. The van der Waals surface area contributed by atoms with Crippen LogP contribution in [0.2, 0.25) is 0 Å². The number of amides is 1. The number of ether oxygens (including phenoxy) is 1. The van der Waals surface area contributed by atoms with Gasteiger partial charge in [0.1, 0.15) is 6.61 Å². The molecule has 0 radical (unpaired) electrons. The number of halogens is 2. The first-order valence-corrected chi connectivity index (χ1v) is 5.86. The van der Waals surface area contributed by atoms with E-state index in [1.807, 2.05) is 6.07 Å². The summed E-state index contributed by atoms with van der Waals surface area (Å²) in [7, 11) is 0. The molecule has 106 valence electrons. The van der Waals surface area contributed by atoms with E-state index in [0.717, 1.165) is 12.5 Å². The molecule has 0 aliphatic rings. The Morgan fingerprint density at radius 3 is 2.58 bits per heavy atom. The molecular weight excluding hydrogens is 256 g/mol. The summed E-state index contributed by atoms with van der Waals surface area (Å²) in [6.45, 7) is 0.212. The number of alkyl halides is 2. The molecule has 0 aliphatic carbocycles. The SMILES string of the molecule is CC(F)(F)CC(CO)NC(=O)OCc1ccccc1. The lowest BCUT2D eigenvalue weighted by molar-refractivity contribution is -0.00379. The van der Waals surface area contributed by atoms with Crippen LogP contribution in [0, 0.1) is 0 Å². The van der Waals surface area contributed by atoms with Gasteiger partial charge in [-0.25, -0.2) is 13.6 Å². The number of rotatable bonds is 6. The van der Waals surface area contributed by atoms with Gasteiger partial charge in [0, 0.05) is 6.42 Å². The van der Waals surface area contributed by atoms with Crippen LogP contribution in [0.1, 0.15) is 18.9 Å². The fourth-order valence-corrected chi connectivity index (χ4v) is 1.53. The minimum atomic E-state index is -2.96. The Bertz CT molecular complexity index is 393. The molecule has 1 rings (SSSR count). The van der Waals surface area contributed by atoms with E-state index < -0.39 is 31.1 Å². The molecule has 4 nitrogen and oxygen atoms in total. The number of aliphatic hydroxyl groups excluding tert-OH is 1. The van der Waals surface area contributed by atoms with Crippen molar-refractivity contribution in [3.8, 4) is 0 Å². The molecule has 6 heteroatoms. The maximum absolute atomic E-state index is 12.8. The van der Waals surface area contributed by atoms with Gasteiger partial charge in [0.2, 0.25) is 5.92 Å². The predicted molar refractivity (Wildman–Crippen MR) is 65.9 cm³/mol. The van der Waals surface area contributed by atoms with Crippen LogP contribution < -0.4 is 5.32 Å². The summed E-state index contributed by atoms with van der Waals surface area (Å²) in [6.07, 6.45) is -1.46. The van der Waals surface area contributed by atoms with E-state index >= 15 is 0 Å². The molecule has 19 heavy (non-hydrogen) atoms. The van der Waals surface area contributed by atoms with Crippen molar-refractivity contribution in [3.63, 3.8) is 0 Å².